The number of amides is 1. The highest BCUT2D eigenvalue weighted by atomic mass is 16.5. The fraction of sp³-hybridized carbons (Fsp3) is 0.286. The molecule has 3 N–H and O–H groups in total. The molecule has 0 unspecified atom stereocenters. The summed E-state index contributed by atoms with van der Waals surface area (Å²) in [5.41, 5.74) is 4.89. The number of rotatable bonds is 4. The Bertz CT molecular complexity index is 636. The van der Waals surface area contributed by atoms with Crippen molar-refractivity contribution in [3.8, 4) is 5.75 Å². The molecule has 1 aromatic heterocycles. The lowest BCUT2D eigenvalue weighted by molar-refractivity contribution is 0.0944. The van der Waals surface area contributed by atoms with E-state index in [-0.39, 0.29) is 12.3 Å². The molecule has 104 valence electrons. The van der Waals surface area contributed by atoms with Gasteiger partial charge in [-0.3, -0.25) is 10.2 Å². The summed E-state index contributed by atoms with van der Waals surface area (Å²) >= 11 is 0. The van der Waals surface area contributed by atoms with E-state index in [2.05, 4.69) is 17.3 Å². The van der Waals surface area contributed by atoms with E-state index in [0.717, 1.165) is 18.6 Å². The van der Waals surface area contributed by atoms with Gasteiger partial charge in [-0.1, -0.05) is 11.2 Å². The van der Waals surface area contributed by atoms with Gasteiger partial charge in [0, 0.05) is 6.07 Å². The van der Waals surface area contributed by atoms with Gasteiger partial charge in [0.15, 0.2) is 11.5 Å². The normalized spacial score (nSPS) is 13.1. The lowest BCUT2D eigenvalue weighted by Crippen LogP contribution is -2.30. The highest BCUT2D eigenvalue weighted by Gasteiger charge is 2.13. The number of nitrogens with one attached hydrogen (secondary N) is 1. The number of hydrogen-bond acceptors (Lipinski definition) is 5. The molecule has 1 aliphatic carbocycles. The number of carbonyl (C=O) groups excluding carboxylic acids is 1. The van der Waals surface area contributed by atoms with Crippen molar-refractivity contribution in [2.75, 3.05) is 0 Å². The zero-order chi connectivity index (χ0) is 13.9. The topological polar surface area (TPSA) is 90.4 Å². The second kappa shape index (κ2) is 5.34. The maximum absolute atomic E-state index is 11.2. The predicted molar refractivity (Wildman–Crippen MR) is 71.0 cm³/mol. The van der Waals surface area contributed by atoms with Crippen LogP contribution >= 0.6 is 0 Å². The number of hydrazine groups is 1. The molecule has 2 aromatic rings. The van der Waals surface area contributed by atoms with Crippen LogP contribution in [0.2, 0.25) is 0 Å². The zero-order valence-electron chi connectivity index (χ0n) is 10.9. The Morgan fingerprint density at radius 3 is 3.05 bits per heavy atom. The number of nitrogens with zero attached hydrogens (tertiary/aromatic N) is 1. The summed E-state index contributed by atoms with van der Waals surface area (Å²) in [6.07, 6.45) is 3.46. The van der Waals surface area contributed by atoms with Crippen molar-refractivity contribution in [3.05, 3.63) is 46.8 Å². The van der Waals surface area contributed by atoms with Gasteiger partial charge in [-0.2, -0.15) is 0 Å². The van der Waals surface area contributed by atoms with Crippen LogP contribution in [0.4, 0.5) is 0 Å². The average molecular weight is 273 g/mol. The molecular weight excluding hydrogens is 258 g/mol. The van der Waals surface area contributed by atoms with Crippen LogP contribution in [0, 0.1) is 0 Å². The first-order valence-electron chi connectivity index (χ1n) is 6.47. The first-order chi connectivity index (χ1) is 9.76. The number of ether oxygens (including phenoxy) is 1. The van der Waals surface area contributed by atoms with Crippen LogP contribution in [-0.2, 0) is 19.4 Å². The van der Waals surface area contributed by atoms with Crippen molar-refractivity contribution in [2.24, 2.45) is 5.84 Å². The molecule has 0 radical (unpaired) electrons. The van der Waals surface area contributed by atoms with Crippen LogP contribution in [-0.4, -0.2) is 11.1 Å². The van der Waals surface area contributed by atoms with Crippen molar-refractivity contribution in [1.82, 2.24) is 10.6 Å². The summed E-state index contributed by atoms with van der Waals surface area (Å²) in [7, 11) is 0. The van der Waals surface area contributed by atoms with E-state index in [9.17, 15) is 4.79 Å². The van der Waals surface area contributed by atoms with Crippen LogP contribution in [0.15, 0.2) is 28.8 Å². The Labute approximate surface area is 115 Å². The fourth-order valence-electron chi connectivity index (χ4n) is 2.35. The van der Waals surface area contributed by atoms with Crippen molar-refractivity contribution in [3.63, 3.8) is 0 Å². The summed E-state index contributed by atoms with van der Waals surface area (Å²) in [5, 5.41) is 3.61. The number of nitrogen functional groups attached to an aromatic ring is 1. The molecule has 0 bridgehead atoms. The molecule has 0 saturated heterocycles. The average Bonchev–Trinajstić information content (AvgIpc) is 3.12. The van der Waals surface area contributed by atoms with Gasteiger partial charge in [0.25, 0.3) is 5.91 Å². The molecule has 0 saturated carbocycles. The van der Waals surface area contributed by atoms with E-state index >= 15 is 0 Å². The second-order valence-electron chi connectivity index (χ2n) is 4.72. The van der Waals surface area contributed by atoms with E-state index in [0.29, 0.717) is 5.76 Å². The fourth-order valence-corrected chi connectivity index (χ4v) is 2.35. The van der Waals surface area contributed by atoms with Gasteiger partial charge in [-0.05, 0) is 42.5 Å². The molecule has 3 rings (SSSR count). The van der Waals surface area contributed by atoms with Crippen molar-refractivity contribution < 1.29 is 14.1 Å². The van der Waals surface area contributed by atoms with Gasteiger partial charge >= 0.3 is 0 Å². The molecule has 0 aliphatic heterocycles. The quantitative estimate of drug-likeness (QED) is 0.498. The molecule has 1 amide bonds. The first kappa shape index (κ1) is 12.7. The molecule has 0 atom stereocenters. The number of nitrogens with two attached hydrogens (primary N) is 1. The monoisotopic (exact) mass is 273 g/mol. The van der Waals surface area contributed by atoms with E-state index in [4.69, 9.17) is 15.1 Å². The Balaban J connectivity index is 1.64. The Morgan fingerprint density at radius 2 is 2.20 bits per heavy atom. The molecule has 0 spiro atoms. The van der Waals surface area contributed by atoms with Crippen LogP contribution in [0.5, 0.6) is 5.75 Å². The van der Waals surface area contributed by atoms with Crippen LogP contribution in [0.3, 0.4) is 0 Å². The van der Waals surface area contributed by atoms with Crippen molar-refractivity contribution in [1.29, 1.82) is 0 Å². The van der Waals surface area contributed by atoms with Gasteiger partial charge in [0.2, 0.25) is 0 Å². The summed E-state index contributed by atoms with van der Waals surface area (Å²) in [5.74, 6) is 5.80. The number of carbonyl (C=O) groups is 1. The molecule has 0 fully saturated rings. The molecule has 6 heteroatoms. The third-order valence-corrected chi connectivity index (χ3v) is 3.37. The summed E-state index contributed by atoms with van der Waals surface area (Å²) in [6, 6.07) is 7.63. The molecule has 20 heavy (non-hydrogen) atoms. The molecule has 1 aliphatic rings. The summed E-state index contributed by atoms with van der Waals surface area (Å²) < 4.78 is 10.7. The molecule has 6 nitrogen and oxygen atoms in total. The zero-order valence-corrected chi connectivity index (χ0v) is 10.9. The van der Waals surface area contributed by atoms with Crippen molar-refractivity contribution in [2.45, 2.75) is 25.9 Å². The predicted octanol–water partition coefficient (Wildman–Crippen LogP) is 1.35. The van der Waals surface area contributed by atoms with Gasteiger partial charge in [0.05, 0.1) is 0 Å². The van der Waals surface area contributed by atoms with E-state index in [1.54, 1.807) is 0 Å². The summed E-state index contributed by atoms with van der Waals surface area (Å²) in [6.45, 7) is 0.226. The van der Waals surface area contributed by atoms with E-state index < -0.39 is 5.91 Å². The maximum atomic E-state index is 11.2. The highest BCUT2D eigenvalue weighted by Crippen LogP contribution is 2.26. The number of benzene rings is 1. The third kappa shape index (κ3) is 2.50. The lowest BCUT2D eigenvalue weighted by Gasteiger charge is -2.06. The first-order valence-corrected chi connectivity index (χ1v) is 6.47. The Hall–Kier alpha value is -2.34. The minimum Gasteiger partial charge on any atom is -0.486 e. The standard InChI is InChI=1S/C14H15N3O3/c15-16-14(18)13-7-12(20-17-13)8-19-11-5-4-9-2-1-3-10(9)6-11/h4-7H,1-3,8,15H2,(H,16,18). The van der Waals surface area contributed by atoms with Crippen molar-refractivity contribution >= 4 is 5.91 Å². The van der Waals surface area contributed by atoms with Gasteiger partial charge in [0.1, 0.15) is 12.4 Å². The molecule has 1 heterocycles. The highest BCUT2D eigenvalue weighted by molar-refractivity contribution is 5.91. The molecule has 1 aromatic carbocycles. The second-order valence-corrected chi connectivity index (χ2v) is 4.72. The Morgan fingerprint density at radius 1 is 1.35 bits per heavy atom. The van der Waals surface area contributed by atoms with Gasteiger partial charge in [-0.15, -0.1) is 0 Å². The number of fused-ring (bicyclic) bond motifs is 1. The third-order valence-electron chi connectivity index (χ3n) is 3.37. The molecular formula is C14H15N3O3. The van der Waals surface area contributed by atoms with E-state index in [1.807, 2.05) is 11.5 Å². The SMILES string of the molecule is NNC(=O)c1cc(COc2ccc3c(c2)CCC3)on1. The summed E-state index contributed by atoms with van der Waals surface area (Å²) in [4.78, 5) is 11.2. The smallest absolute Gasteiger partial charge is 0.287 e. The minimum absolute atomic E-state index is 0.139. The van der Waals surface area contributed by atoms with Gasteiger partial charge < -0.3 is 9.26 Å². The van der Waals surface area contributed by atoms with Crippen LogP contribution in [0.25, 0.3) is 0 Å². The maximum Gasteiger partial charge on any atom is 0.287 e. The van der Waals surface area contributed by atoms with Gasteiger partial charge in [-0.25, -0.2) is 5.84 Å². The number of aryl methyl sites for hydroxylation is 2. The number of hydrogen-bond donors (Lipinski definition) is 2. The minimum atomic E-state index is -0.488. The van der Waals surface area contributed by atoms with E-state index in [1.165, 1.54) is 23.6 Å². The lowest BCUT2D eigenvalue weighted by atomic mass is 10.1. The van der Waals surface area contributed by atoms with Crippen LogP contribution < -0.4 is 16.0 Å². The number of aromatic nitrogens is 1. The largest absolute Gasteiger partial charge is 0.486 e. The Kier molecular flexibility index (Phi) is 3.39. The van der Waals surface area contributed by atoms with Crippen LogP contribution in [0.1, 0.15) is 33.8 Å².